The zero-order chi connectivity index (χ0) is 18.4. The van der Waals surface area contributed by atoms with Gasteiger partial charge in [-0.1, -0.05) is 26.0 Å². The molecule has 134 valence electrons. The Kier molecular flexibility index (Phi) is 4.82. The first-order valence-electron chi connectivity index (χ1n) is 8.64. The molecule has 1 unspecified atom stereocenters. The van der Waals surface area contributed by atoms with Crippen molar-refractivity contribution in [1.29, 1.82) is 0 Å². The van der Waals surface area contributed by atoms with Gasteiger partial charge in [-0.15, -0.1) is 11.8 Å². The van der Waals surface area contributed by atoms with E-state index in [-0.39, 0.29) is 23.0 Å². The first-order valence-corrected chi connectivity index (χ1v) is 9.86. The number of hydrogen-bond acceptors (Lipinski definition) is 4. The zero-order valence-electron chi connectivity index (χ0n) is 15.6. The number of rotatable bonds is 3. The van der Waals surface area contributed by atoms with E-state index in [4.69, 9.17) is 0 Å². The Bertz CT molecular complexity index is 735. The van der Waals surface area contributed by atoms with Crippen LogP contribution in [0.5, 0.6) is 0 Å². The summed E-state index contributed by atoms with van der Waals surface area (Å²) in [4.78, 5) is 27.0. The van der Waals surface area contributed by atoms with Gasteiger partial charge < -0.3 is 0 Å². The van der Waals surface area contributed by atoms with Crippen LogP contribution in [0.4, 0.5) is 0 Å². The van der Waals surface area contributed by atoms with Gasteiger partial charge in [0.2, 0.25) is 5.91 Å². The Morgan fingerprint density at radius 3 is 2.32 bits per heavy atom. The average molecular weight is 359 g/mol. The van der Waals surface area contributed by atoms with Crippen molar-refractivity contribution in [2.75, 3.05) is 20.4 Å². The van der Waals surface area contributed by atoms with Crippen molar-refractivity contribution in [1.82, 2.24) is 10.0 Å². The number of carbonyl (C=O) groups excluding carboxylic acids is 2. The Morgan fingerprint density at radius 1 is 1.12 bits per heavy atom. The predicted octanol–water partition coefficient (Wildman–Crippen LogP) is 3.84. The monoisotopic (exact) mass is 358 g/mol. The van der Waals surface area contributed by atoms with Crippen LogP contribution in [0.1, 0.15) is 44.6 Å². The van der Waals surface area contributed by atoms with Crippen LogP contribution in [0.3, 0.4) is 0 Å². The molecule has 0 fully saturated rings. The second-order valence-corrected chi connectivity index (χ2v) is 8.76. The minimum atomic E-state index is -0.127. The quantitative estimate of drug-likeness (QED) is 0.770. The van der Waals surface area contributed by atoms with Crippen molar-refractivity contribution in [2.24, 2.45) is 5.41 Å². The van der Waals surface area contributed by atoms with Crippen LogP contribution in [0, 0.1) is 5.41 Å². The highest BCUT2D eigenvalue weighted by atomic mass is 32.2. The highest BCUT2D eigenvalue weighted by Crippen LogP contribution is 2.47. The van der Waals surface area contributed by atoms with E-state index in [1.165, 1.54) is 4.90 Å². The van der Waals surface area contributed by atoms with E-state index in [1.807, 2.05) is 20.4 Å². The van der Waals surface area contributed by atoms with Crippen molar-refractivity contribution in [3.8, 4) is 0 Å². The van der Waals surface area contributed by atoms with E-state index in [0.29, 0.717) is 12.8 Å². The molecule has 1 aromatic carbocycles. The molecule has 0 saturated heterocycles. The van der Waals surface area contributed by atoms with Crippen molar-refractivity contribution < 1.29 is 9.59 Å². The molecular formula is C20H26N2O2S. The van der Waals surface area contributed by atoms with Crippen LogP contribution < -0.4 is 0 Å². The van der Waals surface area contributed by atoms with Gasteiger partial charge in [-0.3, -0.25) is 9.59 Å². The molecule has 1 atom stereocenters. The summed E-state index contributed by atoms with van der Waals surface area (Å²) in [6.45, 7) is 4.20. The maximum Gasteiger partial charge on any atom is 0.242 e. The predicted molar refractivity (Wildman–Crippen MR) is 101 cm³/mol. The molecule has 1 aliphatic carbocycles. The summed E-state index contributed by atoms with van der Waals surface area (Å²) in [5.74, 6) is 0.121. The number of benzene rings is 1. The van der Waals surface area contributed by atoms with Crippen LogP contribution in [0.2, 0.25) is 0 Å². The third-order valence-corrected chi connectivity index (χ3v) is 5.78. The summed E-state index contributed by atoms with van der Waals surface area (Å²) >= 11 is 1.69. The number of amides is 1. The fourth-order valence-corrected chi connectivity index (χ4v) is 4.39. The van der Waals surface area contributed by atoms with Crippen LogP contribution in [0.15, 0.2) is 40.4 Å². The largest absolute Gasteiger partial charge is 0.294 e. The lowest BCUT2D eigenvalue weighted by Crippen LogP contribution is -2.49. The second-order valence-electron chi connectivity index (χ2n) is 7.88. The number of hydrogen-bond donors (Lipinski definition) is 0. The number of Topliss-reactive ketones (excluding diaryl/α,β-unsaturated/α-hetero) is 1. The lowest BCUT2D eigenvalue weighted by Gasteiger charge is -2.44. The molecule has 1 amide bonds. The first kappa shape index (κ1) is 18.2. The summed E-state index contributed by atoms with van der Waals surface area (Å²) in [5, 5.41) is 3.51. The minimum absolute atomic E-state index is 0.0631. The highest BCUT2D eigenvalue weighted by Gasteiger charge is 2.44. The molecule has 0 saturated carbocycles. The smallest absolute Gasteiger partial charge is 0.242 e. The van der Waals surface area contributed by atoms with Gasteiger partial charge in [0.25, 0.3) is 0 Å². The normalized spacial score (nSPS) is 23.3. The molecule has 4 nitrogen and oxygen atoms in total. The third kappa shape index (κ3) is 3.40. The second kappa shape index (κ2) is 6.61. The molecule has 0 spiro atoms. The fourth-order valence-electron chi connectivity index (χ4n) is 3.99. The number of ketones is 1. The SMILES string of the molecule is CSc1ccc(C2CC(=O)N(N(C)C)C3=C2C(=O)CC(C)(C)C3)cc1. The Hall–Kier alpha value is -1.59. The standard InChI is InChI=1S/C20H26N2O2S/c1-20(2)11-16-19(17(23)12-20)15(10-18(24)22(16)21(3)4)13-6-8-14(25-5)9-7-13/h6-9,15H,10-12H2,1-5H3. The Labute approximate surface area is 154 Å². The van der Waals surface area contributed by atoms with Crippen LogP contribution in [0.25, 0.3) is 0 Å². The summed E-state index contributed by atoms with van der Waals surface area (Å²) in [6.07, 6.45) is 3.68. The molecule has 3 rings (SSSR count). The van der Waals surface area contributed by atoms with E-state index in [1.54, 1.807) is 21.8 Å². The van der Waals surface area contributed by atoms with Gasteiger partial charge in [-0.25, -0.2) is 10.0 Å². The van der Waals surface area contributed by atoms with Crippen molar-refractivity contribution in [3.63, 3.8) is 0 Å². The Balaban J connectivity index is 2.11. The van der Waals surface area contributed by atoms with E-state index in [9.17, 15) is 9.59 Å². The molecule has 2 aliphatic rings. The van der Waals surface area contributed by atoms with Gasteiger partial charge >= 0.3 is 0 Å². The highest BCUT2D eigenvalue weighted by molar-refractivity contribution is 7.98. The number of thioether (sulfide) groups is 1. The molecule has 1 aliphatic heterocycles. The van der Waals surface area contributed by atoms with Crippen LogP contribution in [-0.4, -0.2) is 42.1 Å². The lowest BCUT2D eigenvalue weighted by molar-refractivity contribution is -0.143. The number of carbonyl (C=O) groups is 2. The van der Waals surface area contributed by atoms with Gasteiger partial charge in [-0.2, -0.15) is 0 Å². The van der Waals surface area contributed by atoms with Crippen molar-refractivity contribution in [3.05, 3.63) is 41.1 Å². The van der Waals surface area contributed by atoms with E-state index < -0.39 is 0 Å². The van der Waals surface area contributed by atoms with E-state index in [2.05, 4.69) is 38.1 Å². The molecule has 0 N–H and O–H groups in total. The van der Waals surface area contributed by atoms with Gasteiger partial charge in [-0.05, 0) is 35.8 Å². The first-order chi connectivity index (χ1) is 11.7. The van der Waals surface area contributed by atoms with Gasteiger partial charge in [0.05, 0.1) is 0 Å². The third-order valence-electron chi connectivity index (χ3n) is 5.03. The topological polar surface area (TPSA) is 40.6 Å². The molecule has 1 heterocycles. The summed E-state index contributed by atoms with van der Waals surface area (Å²) in [6, 6.07) is 8.26. The molecule has 5 heteroatoms. The molecule has 0 bridgehead atoms. The molecule has 0 aromatic heterocycles. The molecule has 25 heavy (non-hydrogen) atoms. The number of nitrogens with zero attached hydrogens (tertiary/aromatic N) is 2. The van der Waals surface area contributed by atoms with Gasteiger partial charge in [0.1, 0.15) is 0 Å². The maximum atomic E-state index is 13.0. The Morgan fingerprint density at radius 2 is 1.76 bits per heavy atom. The van der Waals surface area contributed by atoms with E-state index in [0.717, 1.165) is 23.3 Å². The summed E-state index contributed by atoms with van der Waals surface area (Å²) in [7, 11) is 3.73. The van der Waals surface area contributed by atoms with Crippen molar-refractivity contribution >= 4 is 23.5 Å². The lowest BCUT2D eigenvalue weighted by atomic mass is 9.69. The molecule has 0 radical (unpaired) electrons. The summed E-state index contributed by atoms with van der Waals surface area (Å²) in [5.41, 5.74) is 2.67. The van der Waals surface area contributed by atoms with Gasteiger partial charge in [0.15, 0.2) is 5.78 Å². The van der Waals surface area contributed by atoms with Gasteiger partial charge in [0, 0.05) is 49.0 Å². The van der Waals surface area contributed by atoms with Crippen LogP contribution >= 0.6 is 11.8 Å². The van der Waals surface area contributed by atoms with Crippen LogP contribution in [-0.2, 0) is 9.59 Å². The maximum absolute atomic E-state index is 13.0. The summed E-state index contributed by atoms with van der Waals surface area (Å²) < 4.78 is 0. The number of allylic oxidation sites excluding steroid dienone is 2. The molecular weight excluding hydrogens is 332 g/mol. The molecule has 1 aromatic rings. The van der Waals surface area contributed by atoms with Crippen molar-refractivity contribution in [2.45, 2.75) is 43.9 Å². The van der Waals surface area contributed by atoms with E-state index >= 15 is 0 Å². The number of hydrazine groups is 1. The minimum Gasteiger partial charge on any atom is -0.294 e. The average Bonchev–Trinajstić information content (AvgIpc) is 2.52. The fraction of sp³-hybridized carbons (Fsp3) is 0.500. The zero-order valence-corrected chi connectivity index (χ0v) is 16.4.